The van der Waals surface area contributed by atoms with Gasteiger partial charge >= 0.3 is 5.97 Å². The molecule has 0 fully saturated rings. The van der Waals surface area contributed by atoms with Gasteiger partial charge in [0.2, 0.25) is 0 Å². The van der Waals surface area contributed by atoms with E-state index in [2.05, 4.69) is 35.2 Å². The normalized spacial score (nSPS) is 11.3. The molecule has 0 spiro atoms. The zero-order valence-electron chi connectivity index (χ0n) is 10.8. The molecule has 0 atom stereocenters. The molecule has 0 aliphatic heterocycles. The van der Waals surface area contributed by atoms with Crippen LogP contribution in [0.25, 0.3) is 0 Å². The molecule has 0 saturated carbocycles. The summed E-state index contributed by atoms with van der Waals surface area (Å²) >= 11 is 1.68. The lowest BCUT2D eigenvalue weighted by Gasteiger charge is -2.24. The molecule has 100 valence electrons. The Labute approximate surface area is 115 Å². The Kier molecular flexibility index (Phi) is 3.80. The van der Waals surface area contributed by atoms with Crippen LogP contribution in [0.3, 0.4) is 0 Å². The molecule has 0 aromatic carbocycles. The average molecular weight is 277 g/mol. The second-order valence-corrected chi connectivity index (χ2v) is 5.72. The number of hydrogen-bond acceptors (Lipinski definition) is 5. The molecule has 5 nitrogen and oxygen atoms in total. The highest BCUT2D eigenvalue weighted by molar-refractivity contribution is 7.10. The number of nitrogens with one attached hydrogen (secondary N) is 1. The number of carboxylic acid groups (broad SMARTS) is 1. The van der Waals surface area contributed by atoms with Crippen LogP contribution in [0, 0.1) is 0 Å². The highest BCUT2D eigenvalue weighted by Gasteiger charge is 2.23. The zero-order valence-corrected chi connectivity index (χ0v) is 11.6. The lowest BCUT2D eigenvalue weighted by Crippen LogP contribution is -2.27. The summed E-state index contributed by atoms with van der Waals surface area (Å²) in [6.45, 7) is 4.79. The molecule has 2 aromatic rings. The number of carboxylic acids is 1. The molecule has 0 amide bonds. The van der Waals surface area contributed by atoms with E-state index in [0.29, 0.717) is 12.4 Å². The number of anilines is 1. The topological polar surface area (TPSA) is 75.1 Å². The van der Waals surface area contributed by atoms with E-state index in [0.717, 1.165) is 0 Å². The highest BCUT2D eigenvalue weighted by atomic mass is 32.1. The zero-order chi connectivity index (χ0) is 13.9. The minimum Gasteiger partial charge on any atom is -0.476 e. The maximum atomic E-state index is 11.0. The molecule has 2 rings (SSSR count). The van der Waals surface area contributed by atoms with Crippen LogP contribution in [-0.2, 0) is 5.41 Å². The van der Waals surface area contributed by atoms with Crippen LogP contribution in [0.15, 0.2) is 29.9 Å². The summed E-state index contributed by atoms with van der Waals surface area (Å²) in [5.41, 5.74) is -0.147. The minimum atomic E-state index is -1.08. The maximum Gasteiger partial charge on any atom is 0.358 e. The summed E-state index contributed by atoms with van der Waals surface area (Å²) in [7, 11) is 0. The number of carbonyl (C=O) groups is 1. The van der Waals surface area contributed by atoms with Gasteiger partial charge in [-0.05, 0) is 11.4 Å². The Balaban J connectivity index is 2.13. The summed E-state index contributed by atoms with van der Waals surface area (Å²) in [4.78, 5) is 20.1. The SMILES string of the molecule is CC(C)(CNc1nccnc1C(=O)O)c1cccs1. The first-order valence-electron chi connectivity index (χ1n) is 5.83. The minimum absolute atomic E-state index is 0.0514. The molecule has 0 bridgehead atoms. The smallest absolute Gasteiger partial charge is 0.358 e. The van der Waals surface area contributed by atoms with Gasteiger partial charge in [0, 0.05) is 29.2 Å². The van der Waals surface area contributed by atoms with Gasteiger partial charge in [0.1, 0.15) is 0 Å². The van der Waals surface area contributed by atoms with Crippen molar-refractivity contribution >= 4 is 23.1 Å². The van der Waals surface area contributed by atoms with E-state index in [9.17, 15) is 4.79 Å². The van der Waals surface area contributed by atoms with Gasteiger partial charge in [0.15, 0.2) is 11.5 Å². The number of aromatic nitrogens is 2. The fourth-order valence-corrected chi connectivity index (χ4v) is 2.53. The fourth-order valence-electron chi connectivity index (χ4n) is 1.68. The second-order valence-electron chi connectivity index (χ2n) is 4.77. The molecule has 19 heavy (non-hydrogen) atoms. The Bertz CT molecular complexity index is 567. The molecule has 6 heteroatoms. The van der Waals surface area contributed by atoms with Gasteiger partial charge in [-0.15, -0.1) is 11.3 Å². The molecule has 2 heterocycles. The van der Waals surface area contributed by atoms with Crippen LogP contribution >= 0.6 is 11.3 Å². The lowest BCUT2D eigenvalue weighted by atomic mass is 9.91. The predicted molar refractivity (Wildman–Crippen MR) is 74.8 cm³/mol. The molecule has 0 aliphatic carbocycles. The maximum absolute atomic E-state index is 11.0. The van der Waals surface area contributed by atoms with E-state index in [-0.39, 0.29) is 11.1 Å². The number of aromatic carboxylic acids is 1. The summed E-state index contributed by atoms with van der Waals surface area (Å²) in [6, 6.07) is 4.08. The van der Waals surface area contributed by atoms with Crippen molar-refractivity contribution in [1.82, 2.24) is 9.97 Å². The van der Waals surface area contributed by atoms with Crippen LogP contribution in [0.1, 0.15) is 29.2 Å². The van der Waals surface area contributed by atoms with Crippen molar-refractivity contribution in [3.63, 3.8) is 0 Å². The van der Waals surface area contributed by atoms with Gasteiger partial charge in [0.25, 0.3) is 0 Å². The summed E-state index contributed by atoms with van der Waals surface area (Å²) in [6.07, 6.45) is 2.85. The van der Waals surface area contributed by atoms with Crippen LogP contribution < -0.4 is 5.32 Å². The third-order valence-electron chi connectivity index (χ3n) is 2.79. The van der Waals surface area contributed by atoms with E-state index in [1.807, 2.05) is 11.4 Å². The van der Waals surface area contributed by atoms with Gasteiger partial charge in [-0.3, -0.25) is 0 Å². The van der Waals surface area contributed by atoms with Gasteiger partial charge in [-0.1, -0.05) is 19.9 Å². The first-order chi connectivity index (χ1) is 9.00. The van der Waals surface area contributed by atoms with E-state index < -0.39 is 5.97 Å². The molecular weight excluding hydrogens is 262 g/mol. The van der Waals surface area contributed by atoms with Crippen LogP contribution in [0.5, 0.6) is 0 Å². The summed E-state index contributed by atoms with van der Waals surface area (Å²) in [5.74, 6) is -0.774. The van der Waals surface area contributed by atoms with Gasteiger partial charge in [-0.2, -0.15) is 0 Å². The third kappa shape index (κ3) is 3.08. The largest absolute Gasteiger partial charge is 0.476 e. The number of rotatable bonds is 5. The fraction of sp³-hybridized carbons (Fsp3) is 0.308. The molecule has 2 aromatic heterocycles. The van der Waals surface area contributed by atoms with Gasteiger partial charge in [0.05, 0.1) is 0 Å². The van der Waals surface area contributed by atoms with Gasteiger partial charge < -0.3 is 10.4 Å². The molecule has 2 N–H and O–H groups in total. The number of thiophene rings is 1. The monoisotopic (exact) mass is 277 g/mol. The second kappa shape index (κ2) is 5.36. The average Bonchev–Trinajstić information content (AvgIpc) is 2.91. The number of hydrogen-bond donors (Lipinski definition) is 2. The summed E-state index contributed by atoms with van der Waals surface area (Å²) < 4.78 is 0. The Morgan fingerprint density at radius 2 is 2.16 bits per heavy atom. The van der Waals surface area contributed by atoms with E-state index >= 15 is 0 Å². The predicted octanol–water partition coefficient (Wildman–Crippen LogP) is 2.63. The Morgan fingerprint density at radius 1 is 1.42 bits per heavy atom. The Morgan fingerprint density at radius 3 is 2.79 bits per heavy atom. The molecule has 0 unspecified atom stereocenters. The quantitative estimate of drug-likeness (QED) is 0.878. The van der Waals surface area contributed by atoms with Gasteiger partial charge in [-0.25, -0.2) is 14.8 Å². The lowest BCUT2D eigenvalue weighted by molar-refractivity contribution is 0.0691. The van der Waals surface area contributed by atoms with E-state index in [1.54, 1.807) is 11.3 Å². The molecule has 0 radical (unpaired) electrons. The third-order valence-corrected chi connectivity index (χ3v) is 4.02. The first kappa shape index (κ1) is 13.5. The molecule has 0 aliphatic rings. The van der Waals surface area contributed by atoms with Crippen molar-refractivity contribution in [2.24, 2.45) is 0 Å². The van der Waals surface area contributed by atoms with Crippen molar-refractivity contribution in [3.05, 3.63) is 40.5 Å². The molecule has 0 saturated heterocycles. The van der Waals surface area contributed by atoms with Crippen molar-refractivity contribution in [3.8, 4) is 0 Å². The number of nitrogens with zero attached hydrogens (tertiary/aromatic N) is 2. The van der Waals surface area contributed by atoms with Crippen molar-refractivity contribution in [2.45, 2.75) is 19.3 Å². The van der Waals surface area contributed by atoms with Crippen LogP contribution in [-0.4, -0.2) is 27.6 Å². The van der Waals surface area contributed by atoms with Crippen molar-refractivity contribution < 1.29 is 9.90 Å². The standard InChI is InChI=1S/C13H15N3O2S/c1-13(2,9-4-3-7-19-9)8-16-11-10(12(17)18)14-5-6-15-11/h3-7H,8H2,1-2H3,(H,15,16)(H,17,18). The highest BCUT2D eigenvalue weighted by Crippen LogP contribution is 2.27. The Hall–Kier alpha value is -1.95. The summed E-state index contributed by atoms with van der Waals surface area (Å²) in [5, 5.41) is 14.1. The first-order valence-corrected chi connectivity index (χ1v) is 6.71. The van der Waals surface area contributed by atoms with Crippen LogP contribution in [0.2, 0.25) is 0 Å². The van der Waals surface area contributed by atoms with E-state index in [1.165, 1.54) is 17.3 Å². The van der Waals surface area contributed by atoms with Crippen molar-refractivity contribution in [1.29, 1.82) is 0 Å². The van der Waals surface area contributed by atoms with E-state index in [4.69, 9.17) is 5.11 Å². The molecular formula is C13H15N3O2S. The van der Waals surface area contributed by atoms with Crippen molar-refractivity contribution in [2.75, 3.05) is 11.9 Å². The van der Waals surface area contributed by atoms with Crippen LogP contribution in [0.4, 0.5) is 5.82 Å².